The van der Waals surface area contributed by atoms with Gasteiger partial charge in [0.2, 0.25) is 0 Å². The summed E-state index contributed by atoms with van der Waals surface area (Å²) >= 11 is 0. The molecule has 0 radical (unpaired) electrons. The fourth-order valence-electron chi connectivity index (χ4n) is 1.01. The molecule has 1 aromatic rings. The fraction of sp³-hybridized carbons (Fsp3) is 0.250. The molecule has 74 valence electrons. The van der Waals surface area contributed by atoms with Crippen LogP contribution in [0.3, 0.4) is 0 Å². The lowest BCUT2D eigenvalue weighted by molar-refractivity contribution is 0.151. The van der Waals surface area contributed by atoms with E-state index in [4.69, 9.17) is 15.7 Å². The highest BCUT2D eigenvalue weighted by Gasteiger charge is 2.21. The second kappa shape index (κ2) is 3.87. The van der Waals surface area contributed by atoms with Gasteiger partial charge >= 0.3 is 0 Å². The van der Waals surface area contributed by atoms with Crippen molar-refractivity contribution >= 4 is 5.82 Å². The Kier molecular flexibility index (Phi) is 2.82. The average molecular weight is 199 g/mol. The highest BCUT2D eigenvalue weighted by Crippen LogP contribution is 2.31. The van der Waals surface area contributed by atoms with Gasteiger partial charge in [0.25, 0.3) is 6.43 Å². The molecular formula is C8H7F2N3O. The number of halogens is 2. The number of nitrogens with zero attached hydrogens (tertiary/aromatic N) is 2. The van der Waals surface area contributed by atoms with Gasteiger partial charge in [-0.2, -0.15) is 5.26 Å². The van der Waals surface area contributed by atoms with Gasteiger partial charge in [-0.05, 0) is 0 Å². The van der Waals surface area contributed by atoms with Crippen molar-refractivity contribution in [1.82, 2.24) is 4.98 Å². The maximum absolute atomic E-state index is 12.5. The topological polar surface area (TPSA) is 71.9 Å². The Morgan fingerprint density at radius 1 is 1.64 bits per heavy atom. The number of nitrogen functional groups attached to an aromatic ring is 1. The quantitative estimate of drug-likeness (QED) is 0.782. The summed E-state index contributed by atoms with van der Waals surface area (Å²) in [5, 5.41) is 8.66. The van der Waals surface area contributed by atoms with Crippen LogP contribution in [-0.2, 0) is 0 Å². The zero-order valence-corrected chi connectivity index (χ0v) is 7.29. The molecule has 0 fully saturated rings. The summed E-state index contributed by atoms with van der Waals surface area (Å²) in [5.41, 5.74) is 4.38. The van der Waals surface area contributed by atoms with E-state index in [1.54, 1.807) is 6.07 Å². The number of aromatic nitrogens is 1. The van der Waals surface area contributed by atoms with Gasteiger partial charge in [-0.1, -0.05) is 0 Å². The van der Waals surface area contributed by atoms with Crippen LogP contribution in [0.5, 0.6) is 5.75 Å². The maximum atomic E-state index is 12.5. The van der Waals surface area contributed by atoms with Gasteiger partial charge in [-0.15, -0.1) is 0 Å². The maximum Gasteiger partial charge on any atom is 0.268 e. The van der Waals surface area contributed by atoms with Crippen LogP contribution in [0.25, 0.3) is 0 Å². The summed E-state index contributed by atoms with van der Waals surface area (Å²) in [6, 6.07) is 1.61. The van der Waals surface area contributed by atoms with Crippen LogP contribution in [0.4, 0.5) is 14.6 Å². The molecule has 6 heteroatoms. The number of rotatable bonds is 2. The van der Waals surface area contributed by atoms with Crippen LogP contribution in [-0.4, -0.2) is 12.1 Å². The van der Waals surface area contributed by atoms with Crippen molar-refractivity contribution in [3.05, 3.63) is 17.3 Å². The Morgan fingerprint density at radius 3 is 2.71 bits per heavy atom. The van der Waals surface area contributed by atoms with Crippen molar-refractivity contribution in [2.24, 2.45) is 0 Å². The Labute approximate surface area is 78.9 Å². The minimum absolute atomic E-state index is 0.00278. The van der Waals surface area contributed by atoms with Crippen LogP contribution in [0, 0.1) is 11.3 Å². The lowest BCUT2D eigenvalue weighted by Gasteiger charge is -2.08. The summed E-state index contributed by atoms with van der Waals surface area (Å²) < 4.78 is 29.6. The summed E-state index contributed by atoms with van der Waals surface area (Å²) in [6.07, 6.45) is -1.70. The molecule has 0 bridgehead atoms. The van der Waals surface area contributed by atoms with E-state index in [1.807, 2.05) is 0 Å². The molecule has 1 heterocycles. The average Bonchev–Trinajstić information content (AvgIpc) is 2.16. The molecule has 2 N–H and O–H groups in total. The Morgan fingerprint density at radius 2 is 2.29 bits per heavy atom. The third kappa shape index (κ3) is 1.57. The van der Waals surface area contributed by atoms with Crippen molar-refractivity contribution in [3.8, 4) is 11.8 Å². The van der Waals surface area contributed by atoms with Gasteiger partial charge in [-0.3, -0.25) is 0 Å². The van der Waals surface area contributed by atoms with Crippen molar-refractivity contribution < 1.29 is 13.5 Å². The van der Waals surface area contributed by atoms with Gasteiger partial charge in [0, 0.05) is 0 Å². The Hall–Kier alpha value is -1.90. The summed E-state index contributed by atoms with van der Waals surface area (Å²) in [4.78, 5) is 3.50. The number of nitriles is 1. The third-order valence-corrected chi connectivity index (χ3v) is 1.66. The summed E-state index contributed by atoms with van der Waals surface area (Å²) in [7, 11) is 1.27. The van der Waals surface area contributed by atoms with Gasteiger partial charge in [0.1, 0.15) is 17.5 Å². The second-order valence-corrected chi connectivity index (χ2v) is 2.41. The highest BCUT2D eigenvalue weighted by molar-refractivity contribution is 5.57. The monoisotopic (exact) mass is 199 g/mol. The first-order valence-electron chi connectivity index (χ1n) is 3.62. The number of methoxy groups -OCH3 is 1. The van der Waals surface area contributed by atoms with Crippen LogP contribution in [0.15, 0.2) is 6.20 Å². The van der Waals surface area contributed by atoms with E-state index in [9.17, 15) is 8.78 Å². The molecule has 0 atom stereocenters. The van der Waals surface area contributed by atoms with Crippen LogP contribution < -0.4 is 10.5 Å². The highest BCUT2D eigenvalue weighted by atomic mass is 19.3. The first-order valence-corrected chi connectivity index (χ1v) is 3.62. The van der Waals surface area contributed by atoms with Gasteiger partial charge in [0.15, 0.2) is 5.75 Å². The molecule has 0 amide bonds. The van der Waals surface area contributed by atoms with E-state index in [2.05, 4.69) is 4.98 Å². The summed E-state index contributed by atoms with van der Waals surface area (Å²) in [5.74, 6) is -0.352. The molecular weight excluding hydrogens is 192 g/mol. The molecule has 0 saturated carbocycles. The number of hydrogen-bond donors (Lipinski definition) is 1. The van der Waals surface area contributed by atoms with Crippen molar-refractivity contribution in [2.45, 2.75) is 6.43 Å². The normalized spacial score (nSPS) is 9.93. The molecule has 0 saturated heterocycles. The number of ether oxygens (including phenoxy) is 1. The van der Waals surface area contributed by atoms with E-state index in [-0.39, 0.29) is 17.1 Å². The predicted octanol–water partition coefficient (Wildman–Crippen LogP) is 1.48. The van der Waals surface area contributed by atoms with E-state index in [1.165, 1.54) is 7.11 Å². The number of pyridine rings is 1. The molecule has 0 unspecified atom stereocenters. The SMILES string of the molecule is COc1cnc(N)c(C(F)F)c1C#N. The lowest BCUT2D eigenvalue weighted by atomic mass is 10.1. The van der Waals surface area contributed by atoms with E-state index >= 15 is 0 Å². The standard InChI is InChI=1S/C8H7F2N3O/c1-14-5-3-13-8(12)6(7(9)10)4(5)2-11/h3,7H,1H3,(H2,12,13). The van der Waals surface area contributed by atoms with E-state index in [0.29, 0.717) is 0 Å². The van der Waals surface area contributed by atoms with Gasteiger partial charge in [0.05, 0.1) is 18.9 Å². The van der Waals surface area contributed by atoms with Crippen molar-refractivity contribution in [1.29, 1.82) is 5.26 Å². The second-order valence-electron chi connectivity index (χ2n) is 2.41. The fourth-order valence-corrected chi connectivity index (χ4v) is 1.01. The van der Waals surface area contributed by atoms with Crippen LogP contribution in [0.2, 0.25) is 0 Å². The van der Waals surface area contributed by atoms with Crippen molar-refractivity contribution in [3.63, 3.8) is 0 Å². The minimum Gasteiger partial charge on any atom is -0.494 e. The largest absolute Gasteiger partial charge is 0.494 e. The number of hydrogen-bond acceptors (Lipinski definition) is 4. The van der Waals surface area contributed by atoms with Gasteiger partial charge < -0.3 is 10.5 Å². The molecule has 1 aromatic heterocycles. The Bertz CT molecular complexity index is 387. The van der Waals surface area contributed by atoms with E-state index < -0.39 is 12.0 Å². The molecule has 0 aliphatic carbocycles. The number of alkyl halides is 2. The predicted molar refractivity (Wildman–Crippen MR) is 44.9 cm³/mol. The molecule has 0 aromatic carbocycles. The zero-order chi connectivity index (χ0) is 10.7. The molecule has 0 aliphatic rings. The Balaban J connectivity index is 3.45. The first kappa shape index (κ1) is 10.2. The summed E-state index contributed by atoms with van der Waals surface area (Å²) in [6.45, 7) is 0. The van der Waals surface area contributed by atoms with Gasteiger partial charge in [-0.25, -0.2) is 13.8 Å². The lowest BCUT2D eigenvalue weighted by Crippen LogP contribution is -2.03. The number of nitrogens with two attached hydrogens (primary N) is 1. The van der Waals surface area contributed by atoms with Crippen molar-refractivity contribution in [2.75, 3.05) is 12.8 Å². The van der Waals surface area contributed by atoms with Crippen LogP contribution >= 0.6 is 0 Å². The molecule has 14 heavy (non-hydrogen) atoms. The molecule has 0 spiro atoms. The zero-order valence-electron chi connectivity index (χ0n) is 7.29. The molecule has 4 nitrogen and oxygen atoms in total. The minimum atomic E-state index is -2.84. The van der Waals surface area contributed by atoms with Crippen LogP contribution in [0.1, 0.15) is 17.6 Å². The van der Waals surface area contributed by atoms with E-state index in [0.717, 1.165) is 6.20 Å². The third-order valence-electron chi connectivity index (χ3n) is 1.66. The molecule has 1 rings (SSSR count). The first-order chi connectivity index (χ1) is 6.61. The number of anilines is 1. The smallest absolute Gasteiger partial charge is 0.268 e. The molecule has 0 aliphatic heterocycles.